The Labute approximate surface area is 190 Å². The van der Waals surface area contributed by atoms with Crippen LogP contribution in [-0.4, -0.2) is 73.5 Å². The van der Waals surface area contributed by atoms with Crippen LogP contribution in [0, 0.1) is 11.8 Å². The topological polar surface area (TPSA) is 88.2 Å². The first-order valence-electron chi connectivity index (χ1n) is 11.3. The predicted molar refractivity (Wildman–Crippen MR) is 122 cm³/mol. The van der Waals surface area contributed by atoms with E-state index in [0.717, 1.165) is 19.3 Å². The number of ether oxygens (including phenoxy) is 2. The van der Waals surface area contributed by atoms with Gasteiger partial charge in [-0.15, -0.1) is 0 Å². The number of hydrogen-bond donors (Lipinski definition) is 1. The first kappa shape index (κ1) is 24.0. The van der Waals surface area contributed by atoms with Crippen LogP contribution in [0.1, 0.15) is 50.4 Å². The Morgan fingerprint density at radius 3 is 2.50 bits per heavy atom. The summed E-state index contributed by atoms with van der Waals surface area (Å²) >= 11 is 0. The summed E-state index contributed by atoms with van der Waals surface area (Å²) in [4.78, 5) is 41.5. The minimum absolute atomic E-state index is 0.0336. The fourth-order valence-corrected chi connectivity index (χ4v) is 4.25. The lowest BCUT2D eigenvalue weighted by atomic mass is 9.83. The average molecular weight is 446 g/mol. The van der Waals surface area contributed by atoms with Gasteiger partial charge in [0.25, 0.3) is 5.91 Å². The third-order valence-electron chi connectivity index (χ3n) is 6.50. The average Bonchev–Trinajstić information content (AvgIpc) is 2.71. The van der Waals surface area contributed by atoms with Gasteiger partial charge in [0.15, 0.2) is 0 Å². The van der Waals surface area contributed by atoms with Gasteiger partial charge in [0.2, 0.25) is 11.8 Å². The van der Waals surface area contributed by atoms with Crippen molar-refractivity contribution in [1.82, 2.24) is 9.80 Å². The minimum atomic E-state index is -0.227. The van der Waals surface area contributed by atoms with Crippen molar-refractivity contribution < 1.29 is 23.9 Å². The lowest BCUT2D eigenvalue weighted by molar-refractivity contribution is -0.142. The van der Waals surface area contributed by atoms with Crippen molar-refractivity contribution in [2.45, 2.75) is 52.2 Å². The Hall–Kier alpha value is -2.61. The van der Waals surface area contributed by atoms with Crippen molar-refractivity contribution in [2.75, 3.05) is 39.2 Å². The second-order valence-corrected chi connectivity index (χ2v) is 9.11. The van der Waals surface area contributed by atoms with E-state index >= 15 is 0 Å². The number of likely N-dealkylation sites (N-methyl/N-ethyl adjacent to an activating group) is 1. The Morgan fingerprint density at radius 1 is 1.19 bits per heavy atom. The molecule has 176 valence electrons. The molecule has 0 unspecified atom stereocenters. The second-order valence-electron chi connectivity index (χ2n) is 9.11. The Kier molecular flexibility index (Phi) is 7.77. The molecule has 3 atom stereocenters. The molecule has 1 aromatic carbocycles. The molecule has 0 radical (unpaired) electrons. The van der Waals surface area contributed by atoms with E-state index in [0.29, 0.717) is 30.1 Å². The van der Waals surface area contributed by atoms with Crippen molar-refractivity contribution >= 4 is 23.4 Å². The van der Waals surface area contributed by atoms with Gasteiger partial charge in [0.1, 0.15) is 12.4 Å². The van der Waals surface area contributed by atoms with Gasteiger partial charge in [-0.25, -0.2) is 0 Å². The largest absolute Gasteiger partial charge is 0.491 e. The SMILES string of the molecule is CO[C@H]1CN(C)C(=O)c2cc(NC(C)=O)ccc2OC[C@H](C)N(C(=O)C2CCC2)C[C@@H]1C. The summed E-state index contributed by atoms with van der Waals surface area (Å²) in [5.74, 6) is 0.309. The van der Waals surface area contributed by atoms with Crippen LogP contribution >= 0.6 is 0 Å². The first-order chi connectivity index (χ1) is 15.2. The lowest BCUT2D eigenvalue weighted by Gasteiger charge is -2.39. The van der Waals surface area contributed by atoms with Gasteiger partial charge >= 0.3 is 0 Å². The molecule has 0 bridgehead atoms. The number of benzene rings is 1. The molecule has 3 rings (SSSR count). The number of carbonyl (C=O) groups excluding carboxylic acids is 3. The van der Waals surface area contributed by atoms with E-state index in [1.54, 1.807) is 37.3 Å². The van der Waals surface area contributed by atoms with Crippen molar-refractivity contribution in [2.24, 2.45) is 11.8 Å². The first-order valence-corrected chi connectivity index (χ1v) is 11.3. The van der Waals surface area contributed by atoms with Gasteiger partial charge in [0, 0.05) is 51.7 Å². The van der Waals surface area contributed by atoms with Crippen LogP contribution in [-0.2, 0) is 14.3 Å². The molecule has 0 saturated heterocycles. The number of hydrogen-bond acceptors (Lipinski definition) is 5. The van der Waals surface area contributed by atoms with Gasteiger partial charge in [-0.1, -0.05) is 13.3 Å². The number of rotatable bonds is 3. The fourth-order valence-electron chi connectivity index (χ4n) is 4.25. The molecule has 1 heterocycles. The van der Waals surface area contributed by atoms with Crippen molar-refractivity contribution in [3.05, 3.63) is 23.8 Å². The normalized spacial score (nSPS) is 25.0. The summed E-state index contributed by atoms with van der Waals surface area (Å²) in [5.41, 5.74) is 0.895. The van der Waals surface area contributed by atoms with Crippen LogP contribution in [0.25, 0.3) is 0 Å². The highest BCUT2D eigenvalue weighted by Crippen LogP contribution is 2.31. The zero-order chi connectivity index (χ0) is 23.4. The second kappa shape index (κ2) is 10.3. The molecular formula is C24H35N3O5. The summed E-state index contributed by atoms with van der Waals surface area (Å²) in [7, 11) is 3.36. The molecule has 2 aliphatic rings. The number of anilines is 1. The number of carbonyl (C=O) groups is 3. The van der Waals surface area contributed by atoms with Crippen LogP contribution in [0.2, 0.25) is 0 Å². The molecular weight excluding hydrogens is 410 g/mol. The van der Waals surface area contributed by atoms with E-state index in [4.69, 9.17) is 9.47 Å². The van der Waals surface area contributed by atoms with E-state index in [9.17, 15) is 14.4 Å². The predicted octanol–water partition coefficient (Wildman–Crippen LogP) is 2.78. The number of fused-ring (bicyclic) bond motifs is 1. The molecule has 1 fully saturated rings. The molecule has 32 heavy (non-hydrogen) atoms. The van der Waals surface area contributed by atoms with E-state index < -0.39 is 0 Å². The summed E-state index contributed by atoms with van der Waals surface area (Å²) in [5, 5.41) is 2.72. The van der Waals surface area contributed by atoms with Gasteiger partial charge in [-0.05, 0) is 38.0 Å². The summed E-state index contributed by atoms with van der Waals surface area (Å²) in [6.45, 7) is 6.65. The maximum atomic E-state index is 13.3. The molecule has 1 aromatic rings. The molecule has 0 aromatic heterocycles. The molecule has 3 amide bonds. The van der Waals surface area contributed by atoms with Crippen molar-refractivity contribution in [1.29, 1.82) is 0 Å². The number of methoxy groups -OCH3 is 1. The fraction of sp³-hybridized carbons (Fsp3) is 0.625. The van der Waals surface area contributed by atoms with E-state index in [1.807, 2.05) is 11.8 Å². The molecule has 1 aliphatic heterocycles. The van der Waals surface area contributed by atoms with Gasteiger partial charge < -0.3 is 24.6 Å². The maximum Gasteiger partial charge on any atom is 0.257 e. The molecule has 8 heteroatoms. The Bertz CT molecular complexity index is 854. The number of nitrogens with zero attached hydrogens (tertiary/aromatic N) is 2. The minimum Gasteiger partial charge on any atom is -0.491 e. The van der Waals surface area contributed by atoms with Crippen LogP contribution in [0.5, 0.6) is 5.75 Å². The van der Waals surface area contributed by atoms with Gasteiger partial charge in [-0.3, -0.25) is 14.4 Å². The third-order valence-corrected chi connectivity index (χ3v) is 6.50. The van der Waals surface area contributed by atoms with E-state index in [2.05, 4.69) is 12.2 Å². The van der Waals surface area contributed by atoms with Crippen molar-refractivity contribution in [3.8, 4) is 5.75 Å². The van der Waals surface area contributed by atoms with Crippen molar-refractivity contribution in [3.63, 3.8) is 0 Å². The Balaban J connectivity index is 1.95. The zero-order valence-electron chi connectivity index (χ0n) is 19.7. The highest BCUT2D eigenvalue weighted by Gasteiger charge is 2.35. The van der Waals surface area contributed by atoms with E-state index in [-0.39, 0.29) is 48.3 Å². The number of amides is 3. The van der Waals surface area contributed by atoms with Gasteiger partial charge in [0.05, 0.1) is 17.7 Å². The number of nitrogens with one attached hydrogen (secondary N) is 1. The summed E-state index contributed by atoms with van der Waals surface area (Å²) in [6.07, 6.45) is 2.76. The summed E-state index contributed by atoms with van der Waals surface area (Å²) in [6, 6.07) is 4.88. The van der Waals surface area contributed by atoms with Crippen LogP contribution in [0.15, 0.2) is 18.2 Å². The zero-order valence-corrected chi connectivity index (χ0v) is 19.7. The van der Waals surface area contributed by atoms with Gasteiger partial charge in [-0.2, -0.15) is 0 Å². The molecule has 8 nitrogen and oxygen atoms in total. The molecule has 0 spiro atoms. The molecule has 1 saturated carbocycles. The molecule has 1 N–H and O–H groups in total. The quantitative estimate of drug-likeness (QED) is 0.773. The smallest absolute Gasteiger partial charge is 0.257 e. The molecule has 1 aliphatic carbocycles. The maximum absolute atomic E-state index is 13.3. The van der Waals surface area contributed by atoms with Crippen LogP contribution < -0.4 is 10.1 Å². The Morgan fingerprint density at radius 2 is 1.91 bits per heavy atom. The lowest BCUT2D eigenvalue weighted by Crippen LogP contribution is -2.51. The third kappa shape index (κ3) is 5.41. The standard InChI is InChI=1S/C24H35N3O5/c1-15-12-27(23(29)18-7-6-8-18)16(2)14-32-21-10-9-19(25-17(3)28)11-20(21)24(30)26(4)13-22(15)31-5/h9-11,15-16,18,22H,6-8,12-14H2,1-5H3,(H,25,28)/t15-,16-,22-/m0/s1. The van der Waals surface area contributed by atoms with E-state index in [1.165, 1.54) is 6.92 Å². The monoisotopic (exact) mass is 445 g/mol. The van der Waals surface area contributed by atoms with Crippen LogP contribution in [0.3, 0.4) is 0 Å². The highest BCUT2D eigenvalue weighted by atomic mass is 16.5. The summed E-state index contributed by atoms with van der Waals surface area (Å²) < 4.78 is 11.8. The van der Waals surface area contributed by atoms with Crippen LogP contribution in [0.4, 0.5) is 5.69 Å². The highest BCUT2D eigenvalue weighted by molar-refractivity contribution is 5.99.